The second kappa shape index (κ2) is 7.87. The fourth-order valence-corrected chi connectivity index (χ4v) is 6.26. The second-order valence-electron chi connectivity index (χ2n) is 5.75. The average molecular weight is 390 g/mol. The highest BCUT2D eigenvalue weighted by Crippen LogP contribution is 2.25. The predicted octanol–water partition coefficient (Wildman–Crippen LogP) is 1.67. The van der Waals surface area contributed by atoms with E-state index in [2.05, 4.69) is 5.92 Å². The van der Waals surface area contributed by atoms with Gasteiger partial charge in [-0.05, 0) is 37.0 Å². The van der Waals surface area contributed by atoms with Gasteiger partial charge in [0.1, 0.15) is 0 Å². The molecule has 1 aliphatic rings. The van der Waals surface area contributed by atoms with Crippen molar-refractivity contribution in [3.63, 3.8) is 0 Å². The molecule has 0 aliphatic carbocycles. The molecule has 0 saturated carbocycles. The smallest absolute Gasteiger partial charge is 0.229 e. The summed E-state index contributed by atoms with van der Waals surface area (Å²) < 4.78 is 50.2. The molecule has 8 heteroatoms. The summed E-state index contributed by atoms with van der Waals surface area (Å²) in [5.41, 5.74) is 1.00. The highest BCUT2D eigenvalue weighted by molar-refractivity contribution is 7.92. The summed E-state index contributed by atoms with van der Waals surface area (Å²) in [6.07, 6.45) is 7.17. The van der Waals surface area contributed by atoms with Gasteiger partial charge in [-0.25, -0.2) is 16.8 Å². The minimum Gasteiger partial charge on any atom is -0.229 e. The topological polar surface area (TPSA) is 71.5 Å². The fraction of sp³-hybridized carbons (Fsp3) is 0.500. The van der Waals surface area contributed by atoms with Crippen molar-refractivity contribution in [2.24, 2.45) is 0 Å². The normalized spacial score (nSPS) is 20.1. The summed E-state index contributed by atoms with van der Waals surface area (Å²) in [5.74, 6) is 2.69. The van der Waals surface area contributed by atoms with E-state index in [4.69, 9.17) is 18.0 Å². The summed E-state index contributed by atoms with van der Waals surface area (Å²) in [6.45, 7) is -0.142. The Labute approximate surface area is 149 Å². The van der Waals surface area contributed by atoms with Crippen molar-refractivity contribution < 1.29 is 16.8 Å². The lowest BCUT2D eigenvalue weighted by Gasteiger charge is -2.25. The summed E-state index contributed by atoms with van der Waals surface area (Å²) in [5, 5.41) is 0. The second-order valence-corrected chi connectivity index (χ2v) is 10.2. The molecule has 0 spiro atoms. The van der Waals surface area contributed by atoms with Gasteiger partial charge in [0, 0.05) is 11.9 Å². The maximum atomic E-state index is 12.9. The Kier molecular flexibility index (Phi) is 6.32. The largest absolute Gasteiger partial charge is 0.244 e. The fourth-order valence-electron chi connectivity index (χ4n) is 2.74. The van der Waals surface area contributed by atoms with Gasteiger partial charge in [-0.1, -0.05) is 18.1 Å². The molecule has 1 fully saturated rings. The molecule has 0 N–H and O–H groups in total. The molecular weight excluding hydrogens is 370 g/mol. The molecule has 1 unspecified atom stereocenters. The van der Waals surface area contributed by atoms with Crippen LogP contribution in [0.25, 0.3) is 0 Å². The number of sulfone groups is 1. The molecule has 1 atom stereocenters. The van der Waals surface area contributed by atoms with Crippen molar-refractivity contribution in [2.75, 3.05) is 23.9 Å². The maximum absolute atomic E-state index is 12.9. The SMILES string of the molecule is C#CCN(C1CCS(=O)(=O)C1)S(=O)(=O)c1ccc(CCCCl)cc1. The molecule has 1 saturated heterocycles. The van der Waals surface area contributed by atoms with E-state index >= 15 is 0 Å². The zero-order valence-electron chi connectivity index (χ0n) is 13.2. The van der Waals surface area contributed by atoms with Gasteiger partial charge in [0.2, 0.25) is 10.0 Å². The first-order valence-corrected chi connectivity index (χ1v) is 11.4. The van der Waals surface area contributed by atoms with Gasteiger partial charge in [0.25, 0.3) is 0 Å². The van der Waals surface area contributed by atoms with Crippen LogP contribution in [-0.4, -0.2) is 51.1 Å². The molecule has 0 bridgehead atoms. The zero-order chi connectivity index (χ0) is 17.8. The number of nitrogens with zero attached hydrogens (tertiary/aromatic N) is 1. The molecule has 1 aromatic carbocycles. The Balaban J connectivity index is 2.26. The third kappa shape index (κ3) is 4.51. The van der Waals surface area contributed by atoms with Crippen molar-refractivity contribution in [3.8, 4) is 12.3 Å². The van der Waals surface area contributed by atoms with Crippen LogP contribution in [0.4, 0.5) is 0 Å². The van der Waals surface area contributed by atoms with Crippen LogP contribution in [0, 0.1) is 12.3 Å². The molecule has 132 valence electrons. The van der Waals surface area contributed by atoms with Crippen molar-refractivity contribution in [3.05, 3.63) is 29.8 Å². The predicted molar refractivity (Wildman–Crippen MR) is 95.3 cm³/mol. The van der Waals surface area contributed by atoms with E-state index in [1.165, 1.54) is 12.1 Å². The van der Waals surface area contributed by atoms with Gasteiger partial charge in [-0.2, -0.15) is 4.31 Å². The van der Waals surface area contributed by atoms with E-state index in [1.54, 1.807) is 12.1 Å². The molecule has 1 aliphatic heterocycles. The maximum Gasteiger partial charge on any atom is 0.244 e. The quantitative estimate of drug-likeness (QED) is 0.525. The molecule has 0 amide bonds. The highest BCUT2D eigenvalue weighted by atomic mass is 35.5. The van der Waals surface area contributed by atoms with Crippen LogP contribution in [0.1, 0.15) is 18.4 Å². The van der Waals surface area contributed by atoms with Crippen LogP contribution >= 0.6 is 11.6 Å². The van der Waals surface area contributed by atoms with Gasteiger partial charge < -0.3 is 0 Å². The molecule has 1 aromatic rings. The van der Waals surface area contributed by atoms with E-state index in [1.807, 2.05) is 0 Å². The highest BCUT2D eigenvalue weighted by Gasteiger charge is 2.38. The Morgan fingerprint density at radius 2 is 1.96 bits per heavy atom. The molecule has 1 heterocycles. The van der Waals surface area contributed by atoms with Crippen LogP contribution in [0.5, 0.6) is 0 Å². The minimum atomic E-state index is -3.83. The number of benzene rings is 1. The average Bonchev–Trinajstić information content (AvgIpc) is 2.90. The van der Waals surface area contributed by atoms with Crippen molar-refractivity contribution in [1.82, 2.24) is 4.31 Å². The number of sulfonamides is 1. The number of hydrogen-bond donors (Lipinski definition) is 0. The summed E-state index contributed by atoms with van der Waals surface area (Å²) >= 11 is 5.66. The van der Waals surface area contributed by atoms with Crippen molar-refractivity contribution >= 4 is 31.5 Å². The molecule has 0 radical (unpaired) electrons. The van der Waals surface area contributed by atoms with E-state index in [0.717, 1.165) is 22.7 Å². The standard InChI is InChI=1S/C16H20ClNO4S2/c1-2-11-18(15-9-12-23(19,20)13-15)24(21,22)16-7-5-14(6-8-16)4-3-10-17/h1,5-8,15H,3-4,9-13H2. The summed E-state index contributed by atoms with van der Waals surface area (Å²) in [4.78, 5) is 0.122. The van der Waals surface area contributed by atoms with Gasteiger partial charge in [0.05, 0.1) is 22.9 Å². The van der Waals surface area contributed by atoms with Crippen LogP contribution in [0.15, 0.2) is 29.2 Å². The first-order chi connectivity index (χ1) is 11.3. The van der Waals surface area contributed by atoms with Crippen molar-refractivity contribution in [1.29, 1.82) is 0 Å². The number of halogens is 1. The molecule has 5 nitrogen and oxygen atoms in total. The number of terminal acetylenes is 1. The van der Waals surface area contributed by atoms with Crippen LogP contribution < -0.4 is 0 Å². The lowest BCUT2D eigenvalue weighted by atomic mass is 10.1. The zero-order valence-corrected chi connectivity index (χ0v) is 15.6. The van der Waals surface area contributed by atoms with E-state index in [0.29, 0.717) is 5.88 Å². The first-order valence-electron chi connectivity index (χ1n) is 7.61. The number of aryl methyl sites for hydroxylation is 1. The monoisotopic (exact) mass is 389 g/mol. The number of rotatable bonds is 7. The lowest BCUT2D eigenvalue weighted by Crippen LogP contribution is -2.41. The van der Waals surface area contributed by atoms with Crippen LogP contribution in [0.2, 0.25) is 0 Å². The van der Waals surface area contributed by atoms with Crippen molar-refractivity contribution in [2.45, 2.75) is 30.2 Å². The number of hydrogen-bond acceptors (Lipinski definition) is 4. The van der Waals surface area contributed by atoms with Gasteiger partial charge in [-0.3, -0.25) is 0 Å². The molecular formula is C16H20ClNO4S2. The molecule has 24 heavy (non-hydrogen) atoms. The number of alkyl halides is 1. The van der Waals surface area contributed by atoms with Gasteiger partial charge in [0.15, 0.2) is 9.84 Å². The van der Waals surface area contributed by atoms with E-state index < -0.39 is 25.9 Å². The Bertz CT molecular complexity index is 811. The summed E-state index contributed by atoms with van der Waals surface area (Å²) in [6, 6.07) is 5.96. The van der Waals surface area contributed by atoms with Crippen LogP contribution in [-0.2, 0) is 26.3 Å². The Hall–Kier alpha value is -1.07. The first kappa shape index (κ1) is 19.3. The Morgan fingerprint density at radius 1 is 1.29 bits per heavy atom. The van der Waals surface area contributed by atoms with E-state index in [-0.39, 0.29) is 29.4 Å². The Morgan fingerprint density at radius 3 is 2.46 bits per heavy atom. The summed E-state index contributed by atoms with van der Waals surface area (Å²) in [7, 11) is -7.04. The van der Waals surface area contributed by atoms with Gasteiger partial charge in [-0.15, -0.1) is 18.0 Å². The van der Waals surface area contributed by atoms with Crippen LogP contribution in [0.3, 0.4) is 0 Å². The third-order valence-corrected chi connectivity index (χ3v) is 7.92. The van der Waals surface area contributed by atoms with Gasteiger partial charge >= 0.3 is 0 Å². The van der Waals surface area contributed by atoms with E-state index in [9.17, 15) is 16.8 Å². The minimum absolute atomic E-state index is 0.00831. The molecule has 0 aromatic heterocycles. The third-order valence-electron chi connectivity index (χ3n) is 3.99. The lowest BCUT2D eigenvalue weighted by molar-refractivity contribution is 0.371. The molecule has 2 rings (SSSR count).